The van der Waals surface area contributed by atoms with E-state index in [1.165, 1.54) is 12.1 Å². The molecule has 0 heterocycles. The van der Waals surface area contributed by atoms with Crippen molar-refractivity contribution in [2.75, 3.05) is 19.3 Å². The van der Waals surface area contributed by atoms with Gasteiger partial charge in [-0.3, -0.25) is 4.21 Å². The molecule has 1 rings (SSSR count). The van der Waals surface area contributed by atoms with E-state index in [-0.39, 0.29) is 23.4 Å². The fourth-order valence-corrected chi connectivity index (χ4v) is 1.88. The first-order chi connectivity index (χ1) is 9.81. The molecule has 0 spiro atoms. The Morgan fingerprint density at radius 2 is 2.05 bits per heavy atom. The number of benzene rings is 1. The predicted molar refractivity (Wildman–Crippen MR) is 81.3 cm³/mol. The molecule has 1 aromatic rings. The van der Waals surface area contributed by atoms with Crippen LogP contribution in [-0.4, -0.2) is 39.9 Å². The summed E-state index contributed by atoms with van der Waals surface area (Å²) >= 11 is 5.55. The number of nitrogens with one attached hydrogen (secondary N) is 2. The molecule has 0 fully saturated rings. The van der Waals surface area contributed by atoms with Gasteiger partial charge in [-0.15, -0.1) is 0 Å². The molecule has 0 saturated carbocycles. The predicted octanol–water partition coefficient (Wildman–Crippen LogP) is 1.58. The van der Waals surface area contributed by atoms with E-state index in [4.69, 9.17) is 11.6 Å². The van der Waals surface area contributed by atoms with Gasteiger partial charge in [0.2, 0.25) is 0 Å². The lowest BCUT2D eigenvalue weighted by atomic mass is 10.1. The first kappa shape index (κ1) is 17.9. The molecule has 0 aromatic heterocycles. The molecule has 2 amide bonds. The van der Waals surface area contributed by atoms with Crippen LogP contribution in [0.1, 0.15) is 18.6 Å². The van der Waals surface area contributed by atoms with Crippen LogP contribution in [0.4, 0.5) is 9.18 Å². The molecule has 0 unspecified atom stereocenters. The van der Waals surface area contributed by atoms with Gasteiger partial charge in [0.05, 0.1) is 11.1 Å². The maximum absolute atomic E-state index is 13.3. The number of carbonyl (C=O) groups is 1. The summed E-state index contributed by atoms with van der Waals surface area (Å²) in [6.45, 7) is 1.94. The zero-order valence-corrected chi connectivity index (χ0v) is 13.3. The maximum Gasteiger partial charge on any atom is 0.314 e. The Balaban J connectivity index is 2.41. The third-order valence-electron chi connectivity index (χ3n) is 2.90. The van der Waals surface area contributed by atoms with Crippen molar-refractivity contribution in [3.63, 3.8) is 0 Å². The first-order valence-corrected chi connectivity index (χ1v) is 8.28. The molecule has 0 aliphatic carbocycles. The molecule has 0 saturated heterocycles. The van der Waals surface area contributed by atoms with Crippen LogP contribution >= 0.6 is 11.6 Å². The molecular weight excluding hydrogens is 319 g/mol. The minimum atomic E-state index is -1.04. The summed E-state index contributed by atoms with van der Waals surface area (Å²) in [7, 11) is -1.02. The van der Waals surface area contributed by atoms with Crippen molar-refractivity contribution in [1.29, 1.82) is 0 Å². The van der Waals surface area contributed by atoms with Crippen LogP contribution in [0.5, 0.6) is 0 Å². The van der Waals surface area contributed by atoms with E-state index in [2.05, 4.69) is 10.6 Å². The summed E-state index contributed by atoms with van der Waals surface area (Å²) in [5.74, 6) is -0.628. The Morgan fingerprint density at radius 1 is 1.43 bits per heavy atom. The summed E-state index contributed by atoms with van der Waals surface area (Å²) in [5.41, 5.74) is 0.320. The summed E-state index contributed by atoms with van der Waals surface area (Å²) in [6, 6.07) is 3.46. The van der Waals surface area contributed by atoms with Gasteiger partial charge in [0.1, 0.15) is 5.82 Å². The van der Waals surface area contributed by atoms with Crippen molar-refractivity contribution in [2.45, 2.75) is 18.3 Å². The third-order valence-corrected chi connectivity index (χ3v) is 4.51. The Hall–Kier alpha value is -1.18. The van der Waals surface area contributed by atoms with Crippen molar-refractivity contribution in [2.24, 2.45) is 0 Å². The van der Waals surface area contributed by atoms with Gasteiger partial charge in [-0.2, -0.15) is 0 Å². The van der Waals surface area contributed by atoms with E-state index in [0.29, 0.717) is 5.56 Å². The maximum atomic E-state index is 13.3. The number of aliphatic hydroxyl groups excluding tert-OH is 1. The topological polar surface area (TPSA) is 78.4 Å². The van der Waals surface area contributed by atoms with E-state index >= 15 is 0 Å². The Kier molecular flexibility index (Phi) is 7.07. The van der Waals surface area contributed by atoms with Crippen LogP contribution in [0, 0.1) is 5.82 Å². The summed E-state index contributed by atoms with van der Waals surface area (Å²) in [4.78, 5) is 11.5. The average Bonchev–Trinajstić information content (AvgIpc) is 2.44. The highest BCUT2D eigenvalue weighted by molar-refractivity contribution is 7.84. The van der Waals surface area contributed by atoms with Gasteiger partial charge < -0.3 is 15.7 Å². The summed E-state index contributed by atoms with van der Waals surface area (Å²) < 4.78 is 24.4. The normalized spacial score (nSPS) is 15.1. The number of hydrogen-bond donors (Lipinski definition) is 3. The Bertz CT molecular complexity index is 530. The molecule has 0 bridgehead atoms. The molecule has 8 heteroatoms. The highest BCUT2D eigenvalue weighted by Gasteiger charge is 2.12. The molecule has 3 atom stereocenters. The molecule has 0 aliphatic rings. The lowest BCUT2D eigenvalue weighted by Gasteiger charge is -2.14. The van der Waals surface area contributed by atoms with E-state index in [0.717, 1.165) is 6.07 Å². The first-order valence-electron chi connectivity index (χ1n) is 6.28. The monoisotopic (exact) mass is 336 g/mol. The second kappa shape index (κ2) is 8.31. The molecular formula is C13H18ClFN2O3S. The van der Waals surface area contributed by atoms with Gasteiger partial charge in [-0.25, -0.2) is 9.18 Å². The molecule has 21 heavy (non-hydrogen) atoms. The summed E-state index contributed by atoms with van der Waals surface area (Å²) in [5, 5.41) is 14.7. The number of carbonyl (C=O) groups excluding carboxylic acids is 1. The van der Waals surface area contributed by atoms with E-state index < -0.39 is 28.8 Å². The van der Waals surface area contributed by atoms with Crippen molar-refractivity contribution < 1.29 is 18.5 Å². The van der Waals surface area contributed by atoms with Gasteiger partial charge in [-0.1, -0.05) is 17.7 Å². The zero-order chi connectivity index (χ0) is 16.0. The SMILES string of the molecule is C[C@H](CNC(=O)NC[C@@H](O)c1ccc(Cl)c(F)c1)[S@](C)=O. The Labute approximate surface area is 130 Å². The highest BCUT2D eigenvalue weighted by Crippen LogP contribution is 2.19. The number of amides is 2. The Morgan fingerprint density at radius 3 is 2.62 bits per heavy atom. The molecule has 0 aliphatic heterocycles. The fourth-order valence-electron chi connectivity index (χ4n) is 1.44. The second-order valence-electron chi connectivity index (χ2n) is 4.59. The number of aliphatic hydroxyl groups is 1. The third kappa shape index (κ3) is 5.99. The van der Waals surface area contributed by atoms with Gasteiger partial charge in [0.25, 0.3) is 0 Å². The second-order valence-corrected chi connectivity index (χ2v) is 6.80. The van der Waals surface area contributed by atoms with Crippen LogP contribution in [0.25, 0.3) is 0 Å². The quantitative estimate of drug-likeness (QED) is 0.738. The molecule has 118 valence electrons. The molecule has 5 nitrogen and oxygen atoms in total. The van der Waals surface area contributed by atoms with Gasteiger partial charge in [0, 0.05) is 35.4 Å². The fraction of sp³-hybridized carbons (Fsp3) is 0.462. The van der Waals surface area contributed by atoms with Crippen molar-refractivity contribution in [3.05, 3.63) is 34.6 Å². The van der Waals surface area contributed by atoms with Crippen LogP contribution in [0.3, 0.4) is 0 Å². The standard InChI is InChI=1S/C13H18ClFN2O3S/c1-8(21(2)20)6-16-13(19)17-7-12(18)9-3-4-10(14)11(15)5-9/h3-5,8,12,18H,6-7H2,1-2H3,(H2,16,17,19)/t8-,12-,21+/m1/s1. The van der Waals surface area contributed by atoms with Gasteiger partial charge in [0.15, 0.2) is 0 Å². The summed E-state index contributed by atoms with van der Waals surface area (Å²) in [6.07, 6.45) is 0.517. The zero-order valence-electron chi connectivity index (χ0n) is 11.7. The largest absolute Gasteiger partial charge is 0.387 e. The number of halogens is 2. The van der Waals surface area contributed by atoms with E-state index in [9.17, 15) is 18.5 Å². The molecule has 0 radical (unpaired) electrons. The smallest absolute Gasteiger partial charge is 0.314 e. The van der Waals surface area contributed by atoms with Crippen LogP contribution < -0.4 is 10.6 Å². The highest BCUT2D eigenvalue weighted by atomic mass is 35.5. The van der Waals surface area contributed by atoms with Crippen molar-refractivity contribution in [3.8, 4) is 0 Å². The molecule has 3 N–H and O–H groups in total. The lowest BCUT2D eigenvalue weighted by Crippen LogP contribution is -2.41. The minimum absolute atomic E-state index is 0.0294. The van der Waals surface area contributed by atoms with Crippen molar-refractivity contribution in [1.82, 2.24) is 10.6 Å². The number of urea groups is 1. The van der Waals surface area contributed by atoms with Crippen LogP contribution in [0.2, 0.25) is 5.02 Å². The number of hydrogen-bond acceptors (Lipinski definition) is 3. The molecule has 1 aromatic carbocycles. The average molecular weight is 337 g/mol. The lowest BCUT2D eigenvalue weighted by molar-refractivity contribution is 0.173. The van der Waals surface area contributed by atoms with Crippen LogP contribution in [0.15, 0.2) is 18.2 Å². The van der Waals surface area contributed by atoms with Gasteiger partial charge >= 0.3 is 6.03 Å². The van der Waals surface area contributed by atoms with E-state index in [1.54, 1.807) is 13.2 Å². The van der Waals surface area contributed by atoms with E-state index in [1.807, 2.05) is 0 Å². The van der Waals surface area contributed by atoms with Crippen LogP contribution in [-0.2, 0) is 10.8 Å². The number of rotatable bonds is 6. The van der Waals surface area contributed by atoms with Gasteiger partial charge in [-0.05, 0) is 24.6 Å². The minimum Gasteiger partial charge on any atom is -0.387 e. The van der Waals surface area contributed by atoms with Crippen molar-refractivity contribution >= 4 is 28.4 Å².